The average Bonchev–Trinajstić information content (AvgIpc) is 3.08. The second kappa shape index (κ2) is 5.19. The van der Waals surface area contributed by atoms with Crippen LogP contribution in [0.15, 0.2) is 42.3 Å². The van der Waals surface area contributed by atoms with Gasteiger partial charge in [0, 0.05) is 29.4 Å². The fourth-order valence-corrected chi connectivity index (χ4v) is 2.33. The number of anilines is 1. The zero-order valence-electron chi connectivity index (χ0n) is 10.4. The molecule has 0 fully saturated rings. The summed E-state index contributed by atoms with van der Waals surface area (Å²) in [6.45, 7) is 0.800. The zero-order valence-corrected chi connectivity index (χ0v) is 11.3. The van der Waals surface area contributed by atoms with Gasteiger partial charge in [-0.2, -0.15) is 0 Å². The fraction of sp³-hybridized carbons (Fsp3) is 0.154. The maximum Gasteiger partial charge on any atom is 0.163 e. The minimum atomic E-state index is 0.800. The van der Waals surface area contributed by atoms with Crippen molar-refractivity contribution in [2.75, 3.05) is 5.32 Å². The lowest BCUT2D eigenvalue weighted by Gasteiger charge is -2.06. The molecule has 0 amide bonds. The number of rotatable bonds is 4. The molecule has 5 nitrogen and oxygen atoms in total. The van der Waals surface area contributed by atoms with Crippen molar-refractivity contribution in [2.24, 2.45) is 7.05 Å². The number of hydrogen-bond acceptors (Lipinski definition) is 5. The Morgan fingerprint density at radius 3 is 2.74 bits per heavy atom. The SMILES string of the molecule is Cn1cnnc1-c1ccc(NCc2cncs2)cc1. The predicted octanol–water partition coefficient (Wildman–Crippen LogP) is 2.55. The molecule has 0 aliphatic heterocycles. The molecule has 0 atom stereocenters. The lowest BCUT2D eigenvalue weighted by molar-refractivity contribution is 0.920. The highest BCUT2D eigenvalue weighted by molar-refractivity contribution is 7.09. The van der Waals surface area contributed by atoms with Gasteiger partial charge in [0.15, 0.2) is 5.82 Å². The monoisotopic (exact) mass is 271 g/mol. The maximum atomic E-state index is 4.09. The van der Waals surface area contributed by atoms with Gasteiger partial charge in [-0.15, -0.1) is 21.5 Å². The van der Waals surface area contributed by atoms with Crippen LogP contribution in [0.5, 0.6) is 0 Å². The molecular formula is C13H13N5S. The summed E-state index contributed by atoms with van der Waals surface area (Å²) in [7, 11) is 1.94. The Hall–Kier alpha value is -2.21. The molecule has 0 bridgehead atoms. The first kappa shape index (κ1) is 11.9. The van der Waals surface area contributed by atoms with Gasteiger partial charge in [0.1, 0.15) is 6.33 Å². The lowest BCUT2D eigenvalue weighted by Crippen LogP contribution is -1.97. The molecule has 0 saturated heterocycles. The van der Waals surface area contributed by atoms with Crippen LogP contribution >= 0.6 is 11.3 Å². The minimum absolute atomic E-state index is 0.800. The molecule has 0 radical (unpaired) electrons. The number of aromatic nitrogens is 4. The van der Waals surface area contributed by atoms with Crippen LogP contribution in [0.3, 0.4) is 0 Å². The summed E-state index contributed by atoms with van der Waals surface area (Å²) in [5.41, 5.74) is 3.98. The second-order valence-electron chi connectivity index (χ2n) is 4.16. The highest BCUT2D eigenvalue weighted by Crippen LogP contribution is 2.19. The summed E-state index contributed by atoms with van der Waals surface area (Å²) in [6.07, 6.45) is 3.58. The van der Waals surface area contributed by atoms with Crippen molar-refractivity contribution >= 4 is 17.0 Å². The van der Waals surface area contributed by atoms with Gasteiger partial charge in [-0.3, -0.25) is 4.98 Å². The number of nitrogens with one attached hydrogen (secondary N) is 1. The van der Waals surface area contributed by atoms with Crippen molar-refractivity contribution in [1.29, 1.82) is 0 Å². The number of hydrogen-bond donors (Lipinski definition) is 1. The Morgan fingerprint density at radius 1 is 1.26 bits per heavy atom. The Labute approximate surface area is 115 Å². The number of thiazole rings is 1. The van der Waals surface area contributed by atoms with E-state index in [4.69, 9.17) is 0 Å². The molecule has 96 valence electrons. The van der Waals surface area contributed by atoms with Crippen molar-refractivity contribution in [1.82, 2.24) is 19.7 Å². The molecule has 19 heavy (non-hydrogen) atoms. The molecule has 3 rings (SSSR count). The number of benzene rings is 1. The minimum Gasteiger partial charge on any atom is -0.380 e. The highest BCUT2D eigenvalue weighted by atomic mass is 32.1. The van der Waals surface area contributed by atoms with Crippen molar-refractivity contribution in [2.45, 2.75) is 6.54 Å². The summed E-state index contributed by atoms with van der Waals surface area (Å²) in [4.78, 5) is 5.27. The van der Waals surface area contributed by atoms with Crippen LogP contribution in [0.4, 0.5) is 5.69 Å². The molecule has 0 saturated carbocycles. The van der Waals surface area contributed by atoms with Gasteiger partial charge in [0.2, 0.25) is 0 Å². The van der Waals surface area contributed by atoms with Gasteiger partial charge in [0.25, 0.3) is 0 Å². The summed E-state index contributed by atoms with van der Waals surface area (Å²) in [6, 6.07) is 8.17. The Kier molecular flexibility index (Phi) is 3.24. The Bertz CT molecular complexity index is 642. The van der Waals surface area contributed by atoms with Crippen LogP contribution in [0.25, 0.3) is 11.4 Å². The quantitative estimate of drug-likeness (QED) is 0.792. The molecule has 2 aromatic heterocycles. The summed E-state index contributed by atoms with van der Waals surface area (Å²) in [5.74, 6) is 0.869. The first-order valence-electron chi connectivity index (χ1n) is 5.88. The maximum absolute atomic E-state index is 4.09. The van der Waals surface area contributed by atoms with Crippen molar-refractivity contribution in [3.8, 4) is 11.4 Å². The molecule has 0 unspecified atom stereocenters. The van der Waals surface area contributed by atoms with E-state index in [0.29, 0.717) is 0 Å². The topological polar surface area (TPSA) is 55.6 Å². The van der Waals surface area contributed by atoms with Crippen LogP contribution < -0.4 is 5.32 Å². The molecule has 3 aromatic rings. The smallest absolute Gasteiger partial charge is 0.163 e. The van der Waals surface area contributed by atoms with Crippen LogP contribution in [0.2, 0.25) is 0 Å². The van der Waals surface area contributed by atoms with E-state index in [2.05, 4.69) is 20.5 Å². The van der Waals surface area contributed by atoms with Crippen LogP contribution in [0, 0.1) is 0 Å². The van der Waals surface area contributed by atoms with Crippen LogP contribution in [0.1, 0.15) is 4.88 Å². The predicted molar refractivity (Wildman–Crippen MR) is 75.9 cm³/mol. The molecule has 0 aliphatic carbocycles. The standard InChI is InChI=1S/C13H13N5S/c1-18-8-16-17-13(18)10-2-4-11(5-3-10)15-7-12-6-14-9-19-12/h2-6,8-9,15H,7H2,1H3. The van der Waals surface area contributed by atoms with Crippen LogP contribution in [-0.2, 0) is 13.6 Å². The first-order valence-corrected chi connectivity index (χ1v) is 6.76. The normalized spacial score (nSPS) is 10.6. The molecule has 2 heterocycles. The van der Waals surface area contributed by atoms with Gasteiger partial charge in [-0.25, -0.2) is 0 Å². The lowest BCUT2D eigenvalue weighted by atomic mass is 10.2. The van der Waals surface area contributed by atoms with Crippen molar-refractivity contribution in [3.05, 3.63) is 47.2 Å². The van der Waals surface area contributed by atoms with E-state index in [1.54, 1.807) is 17.7 Å². The van der Waals surface area contributed by atoms with E-state index in [0.717, 1.165) is 23.6 Å². The van der Waals surface area contributed by atoms with Gasteiger partial charge < -0.3 is 9.88 Å². The van der Waals surface area contributed by atoms with Crippen molar-refractivity contribution < 1.29 is 0 Å². The molecule has 6 heteroatoms. The van der Waals surface area contributed by atoms with E-state index >= 15 is 0 Å². The third-order valence-electron chi connectivity index (χ3n) is 2.80. The summed E-state index contributed by atoms with van der Waals surface area (Å²) < 4.78 is 1.90. The summed E-state index contributed by atoms with van der Waals surface area (Å²) in [5, 5.41) is 11.3. The summed E-state index contributed by atoms with van der Waals surface area (Å²) >= 11 is 1.65. The van der Waals surface area contributed by atoms with Crippen LogP contribution in [-0.4, -0.2) is 19.7 Å². The van der Waals surface area contributed by atoms with Gasteiger partial charge in [0.05, 0.1) is 12.1 Å². The molecule has 1 aromatic carbocycles. The van der Waals surface area contributed by atoms with Gasteiger partial charge in [-0.1, -0.05) is 0 Å². The number of aryl methyl sites for hydroxylation is 1. The third-order valence-corrected chi connectivity index (χ3v) is 3.58. The van der Waals surface area contributed by atoms with E-state index in [9.17, 15) is 0 Å². The van der Waals surface area contributed by atoms with Gasteiger partial charge >= 0.3 is 0 Å². The molecular weight excluding hydrogens is 258 g/mol. The number of nitrogens with zero attached hydrogens (tertiary/aromatic N) is 4. The Morgan fingerprint density at radius 2 is 2.11 bits per heavy atom. The average molecular weight is 271 g/mol. The molecule has 1 N–H and O–H groups in total. The first-order chi connectivity index (χ1) is 9.33. The van der Waals surface area contributed by atoms with E-state index in [-0.39, 0.29) is 0 Å². The Balaban J connectivity index is 1.71. The molecule has 0 aliphatic rings. The highest BCUT2D eigenvalue weighted by Gasteiger charge is 2.04. The molecule has 0 spiro atoms. The van der Waals surface area contributed by atoms with E-state index in [1.165, 1.54) is 4.88 Å². The zero-order chi connectivity index (χ0) is 13.1. The van der Waals surface area contributed by atoms with Crippen molar-refractivity contribution in [3.63, 3.8) is 0 Å². The van der Waals surface area contributed by atoms with Gasteiger partial charge in [-0.05, 0) is 24.3 Å². The second-order valence-corrected chi connectivity index (χ2v) is 5.13. The fourth-order valence-electron chi connectivity index (χ4n) is 1.80. The largest absolute Gasteiger partial charge is 0.380 e. The third kappa shape index (κ3) is 2.63. The van der Waals surface area contributed by atoms with E-state index < -0.39 is 0 Å². The van der Waals surface area contributed by atoms with E-state index in [1.807, 2.05) is 47.6 Å².